The highest BCUT2D eigenvalue weighted by Crippen LogP contribution is 2.34. The van der Waals surface area contributed by atoms with E-state index in [-0.39, 0.29) is 17.2 Å². The Hall–Kier alpha value is -2.11. The molecule has 1 fully saturated rings. The number of halogens is 3. The summed E-state index contributed by atoms with van der Waals surface area (Å²) in [5, 5.41) is 0. The molecule has 1 aliphatic rings. The third kappa shape index (κ3) is 2.70. The van der Waals surface area contributed by atoms with Crippen LogP contribution >= 0.6 is 0 Å². The largest absolute Gasteiger partial charge is 0.384 e. The molecule has 0 aliphatic heterocycles. The van der Waals surface area contributed by atoms with Crippen molar-refractivity contribution in [3.63, 3.8) is 0 Å². The molecule has 0 bridgehead atoms. The van der Waals surface area contributed by atoms with Gasteiger partial charge in [-0.15, -0.1) is 0 Å². The zero-order chi connectivity index (χ0) is 15.0. The fourth-order valence-corrected chi connectivity index (χ4v) is 2.73. The standard InChI is InChI=1S/C15H14F3N3/c16-10-5-9(6-11(17)14(10)18)15-20-12(7-13(19)21-15)8-3-1-2-4-8/h5-8H,1-4H2,(H2,19,20,21). The Bertz CT molecular complexity index is 659. The summed E-state index contributed by atoms with van der Waals surface area (Å²) in [5.74, 6) is -3.37. The van der Waals surface area contributed by atoms with Crippen molar-refractivity contribution in [3.8, 4) is 11.4 Å². The third-order valence-electron chi connectivity index (χ3n) is 3.78. The van der Waals surface area contributed by atoms with Crippen LogP contribution in [0.2, 0.25) is 0 Å². The lowest BCUT2D eigenvalue weighted by Crippen LogP contribution is -2.04. The molecule has 0 unspecified atom stereocenters. The van der Waals surface area contributed by atoms with Gasteiger partial charge in [-0.05, 0) is 25.0 Å². The van der Waals surface area contributed by atoms with Gasteiger partial charge in [-0.1, -0.05) is 12.8 Å². The molecule has 3 nitrogen and oxygen atoms in total. The van der Waals surface area contributed by atoms with Crippen molar-refractivity contribution < 1.29 is 13.2 Å². The van der Waals surface area contributed by atoms with Crippen LogP contribution in [0, 0.1) is 17.5 Å². The van der Waals surface area contributed by atoms with Gasteiger partial charge in [0.25, 0.3) is 0 Å². The van der Waals surface area contributed by atoms with Gasteiger partial charge in [0.15, 0.2) is 23.3 Å². The summed E-state index contributed by atoms with van der Waals surface area (Å²) in [6.07, 6.45) is 4.29. The van der Waals surface area contributed by atoms with E-state index in [0.717, 1.165) is 43.5 Å². The molecular weight excluding hydrogens is 279 g/mol. The minimum absolute atomic E-state index is 0.0814. The van der Waals surface area contributed by atoms with Crippen molar-refractivity contribution in [1.29, 1.82) is 0 Å². The molecule has 1 aromatic carbocycles. The van der Waals surface area contributed by atoms with Crippen molar-refractivity contribution in [2.45, 2.75) is 31.6 Å². The maximum absolute atomic E-state index is 13.3. The van der Waals surface area contributed by atoms with Crippen LogP contribution in [0.25, 0.3) is 11.4 Å². The predicted octanol–water partition coefficient (Wildman–Crippen LogP) is 3.80. The van der Waals surface area contributed by atoms with Gasteiger partial charge in [0.05, 0.1) is 0 Å². The van der Waals surface area contributed by atoms with Gasteiger partial charge < -0.3 is 5.73 Å². The highest BCUT2D eigenvalue weighted by Gasteiger charge is 2.21. The first-order chi connectivity index (χ1) is 10.0. The first-order valence-electron chi connectivity index (χ1n) is 6.84. The van der Waals surface area contributed by atoms with E-state index in [9.17, 15) is 13.2 Å². The number of nitrogen functional groups attached to an aromatic ring is 1. The van der Waals surface area contributed by atoms with E-state index >= 15 is 0 Å². The van der Waals surface area contributed by atoms with E-state index in [1.165, 1.54) is 0 Å². The summed E-state index contributed by atoms with van der Waals surface area (Å²) >= 11 is 0. The van der Waals surface area contributed by atoms with Crippen molar-refractivity contribution in [2.75, 3.05) is 5.73 Å². The Labute approximate surface area is 120 Å². The second kappa shape index (κ2) is 5.35. The molecule has 2 aromatic rings. The average molecular weight is 293 g/mol. The Balaban J connectivity index is 2.06. The number of anilines is 1. The van der Waals surface area contributed by atoms with Gasteiger partial charge in [-0.25, -0.2) is 23.1 Å². The molecule has 0 amide bonds. The lowest BCUT2D eigenvalue weighted by atomic mass is 10.0. The Kier molecular flexibility index (Phi) is 3.53. The van der Waals surface area contributed by atoms with Gasteiger partial charge in [0.1, 0.15) is 5.82 Å². The topological polar surface area (TPSA) is 51.8 Å². The maximum atomic E-state index is 13.3. The minimum atomic E-state index is -1.50. The van der Waals surface area contributed by atoms with Gasteiger partial charge in [-0.3, -0.25) is 0 Å². The van der Waals surface area contributed by atoms with Crippen LogP contribution in [0.4, 0.5) is 19.0 Å². The van der Waals surface area contributed by atoms with E-state index in [1.54, 1.807) is 6.07 Å². The molecule has 0 atom stereocenters. The summed E-state index contributed by atoms with van der Waals surface area (Å²) in [4.78, 5) is 8.35. The number of hydrogen-bond acceptors (Lipinski definition) is 3. The second-order valence-electron chi connectivity index (χ2n) is 5.28. The molecule has 3 rings (SSSR count). The highest BCUT2D eigenvalue weighted by molar-refractivity contribution is 5.57. The van der Waals surface area contributed by atoms with Crippen LogP contribution in [0.3, 0.4) is 0 Å². The Morgan fingerprint density at radius 2 is 1.57 bits per heavy atom. The lowest BCUT2D eigenvalue weighted by Gasteiger charge is -2.11. The van der Waals surface area contributed by atoms with Crippen molar-refractivity contribution in [2.24, 2.45) is 0 Å². The highest BCUT2D eigenvalue weighted by atomic mass is 19.2. The molecule has 1 aromatic heterocycles. The van der Waals surface area contributed by atoms with Crippen LogP contribution in [-0.2, 0) is 0 Å². The van der Waals surface area contributed by atoms with E-state index < -0.39 is 17.5 Å². The summed E-state index contributed by atoms with van der Waals surface area (Å²) < 4.78 is 39.7. The van der Waals surface area contributed by atoms with Crippen molar-refractivity contribution in [3.05, 3.63) is 41.3 Å². The predicted molar refractivity (Wildman–Crippen MR) is 73.0 cm³/mol. The van der Waals surface area contributed by atoms with E-state index in [0.29, 0.717) is 5.92 Å². The molecule has 21 heavy (non-hydrogen) atoms. The summed E-state index contributed by atoms with van der Waals surface area (Å²) in [6.45, 7) is 0. The molecule has 6 heteroatoms. The zero-order valence-corrected chi connectivity index (χ0v) is 11.2. The van der Waals surface area contributed by atoms with Crippen molar-refractivity contribution in [1.82, 2.24) is 9.97 Å². The minimum Gasteiger partial charge on any atom is -0.384 e. The lowest BCUT2D eigenvalue weighted by molar-refractivity contribution is 0.447. The monoisotopic (exact) mass is 293 g/mol. The molecule has 110 valence electrons. The van der Waals surface area contributed by atoms with Gasteiger partial charge in [-0.2, -0.15) is 0 Å². The maximum Gasteiger partial charge on any atom is 0.194 e. The van der Waals surface area contributed by atoms with E-state index in [2.05, 4.69) is 9.97 Å². The van der Waals surface area contributed by atoms with Crippen LogP contribution in [0.15, 0.2) is 18.2 Å². The van der Waals surface area contributed by atoms with E-state index in [4.69, 9.17) is 5.73 Å². The van der Waals surface area contributed by atoms with Crippen LogP contribution in [0.5, 0.6) is 0 Å². The Morgan fingerprint density at radius 3 is 2.19 bits per heavy atom. The van der Waals surface area contributed by atoms with Crippen LogP contribution in [0.1, 0.15) is 37.3 Å². The molecule has 0 saturated heterocycles. The quantitative estimate of drug-likeness (QED) is 0.857. The molecule has 0 radical (unpaired) electrons. The number of hydrogen-bond donors (Lipinski definition) is 1. The fraction of sp³-hybridized carbons (Fsp3) is 0.333. The number of benzene rings is 1. The first kappa shape index (κ1) is 13.9. The van der Waals surface area contributed by atoms with Crippen molar-refractivity contribution >= 4 is 5.82 Å². The van der Waals surface area contributed by atoms with Crippen LogP contribution in [-0.4, -0.2) is 9.97 Å². The number of nitrogens with zero attached hydrogens (tertiary/aromatic N) is 2. The molecular formula is C15H14F3N3. The SMILES string of the molecule is Nc1cc(C2CCCC2)nc(-c2cc(F)c(F)c(F)c2)n1. The number of rotatable bonds is 2. The molecule has 2 N–H and O–H groups in total. The van der Waals surface area contributed by atoms with Gasteiger partial charge in [0.2, 0.25) is 0 Å². The summed E-state index contributed by atoms with van der Waals surface area (Å²) in [7, 11) is 0. The fourth-order valence-electron chi connectivity index (χ4n) is 2.73. The number of nitrogens with two attached hydrogens (primary N) is 1. The van der Waals surface area contributed by atoms with E-state index in [1.807, 2.05) is 0 Å². The first-order valence-corrected chi connectivity index (χ1v) is 6.84. The normalized spacial score (nSPS) is 15.6. The van der Waals surface area contributed by atoms with Gasteiger partial charge in [0, 0.05) is 23.2 Å². The number of aromatic nitrogens is 2. The zero-order valence-electron chi connectivity index (χ0n) is 11.2. The molecule has 1 aliphatic carbocycles. The average Bonchev–Trinajstić information content (AvgIpc) is 2.97. The molecule has 1 heterocycles. The van der Waals surface area contributed by atoms with Gasteiger partial charge >= 0.3 is 0 Å². The second-order valence-corrected chi connectivity index (χ2v) is 5.28. The summed E-state index contributed by atoms with van der Waals surface area (Å²) in [6, 6.07) is 3.45. The smallest absolute Gasteiger partial charge is 0.194 e. The molecule has 0 spiro atoms. The summed E-state index contributed by atoms with van der Waals surface area (Å²) in [5.41, 5.74) is 6.62. The van der Waals surface area contributed by atoms with Crippen LogP contribution < -0.4 is 5.73 Å². The Morgan fingerprint density at radius 1 is 0.952 bits per heavy atom. The third-order valence-corrected chi connectivity index (χ3v) is 3.78. The molecule has 1 saturated carbocycles.